The number of para-hydroxylation sites is 1. The molecule has 2 aliphatic rings. The number of ether oxygens (including phenoxy) is 2. The Hall–Kier alpha value is -2.66. The maximum Gasteiger partial charge on any atom is 0.318 e. The lowest BCUT2D eigenvalue weighted by molar-refractivity contribution is -0.159. The van der Waals surface area contributed by atoms with Crippen LogP contribution in [0.4, 0.5) is 5.69 Å². The van der Waals surface area contributed by atoms with Crippen molar-refractivity contribution in [1.29, 1.82) is 0 Å². The number of anilines is 1. The van der Waals surface area contributed by atoms with E-state index in [1.165, 1.54) is 7.11 Å². The zero-order valence-electron chi connectivity index (χ0n) is 14.8. The molecule has 2 aliphatic heterocycles. The molecule has 0 bridgehead atoms. The predicted molar refractivity (Wildman–Crippen MR) is 96.4 cm³/mol. The van der Waals surface area contributed by atoms with E-state index >= 15 is 0 Å². The molecular weight excluding hydrogens is 330 g/mol. The first kappa shape index (κ1) is 16.8. The van der Waals surface area contributed by atoms with Crippen molar-refractivity contribution >= 4 is 17.6 Å². The standard InChI is InChI=1S/C21H21NO4/c1-21-12-16(14-8-4-3-5-9-14)18(20(24)25-2)19(23)22(21)17-11-7-6-10-15(17)13-26-21/h3-11,16,18H,12-13H2,1-2H3/t16-,18-,21-/m1/s1. The van der Waals surface area contributed by atoms with Gasteiger partial charge >= 0.3 is 5.97 Å². The summed E-state index contributed by atoms with van der Waals surface area (Å²) in [7, 11) is 1.33. The Morgan fingerprint density at radius 1 is 1.15 bits per heavy atom. The van der Waals surface area contributed by atoms with E-state index in [4.69, 9.17) is 9.47 Å². The topological polar surface area (TPSA) is 55.8 Å². The monoisotopic (exact) mass is 351 g/mol. The van der Waals surface area contributed by atoms with Crippen molar-refractivity contribution in [2.75, 3.05) is 12.0 Å². The van der Waals surface area contributed by atoms with Crippen LogP contribution in [0.15, 0.2) is 54.6 Å². The predicted octanol–water partition coefficient (Wildman–Crippen LogP) is 3.24. The Morgan fingerprint density at radius 3 is 2.58 bits per heavy atom. The molecule has 4 rings (SSSR count). The maximum absolute atomic E-state index is 13.5. The van der Waals surface area contributed by atoms with Crippen molar-refractivity contribution < 1.29 is 19.1 Å². The zero-order valence-corrected chi connectivity index (χ0v) is 14.8. The highest BCUT2D eigenvalue weighted by Gasteiger charge is 2.55. The first-order valence-electron chi connectivity index (χ1n) is 8.74. The van der Waals surface area contributed by atoms with Crippen LogP contribution >= 0.6 is 0 Å². The van der Waals surface area contributed by atoms with Gasteiger partial charge in [-0.3, -0.25) is 14.5 Å². The Kier molecular flexibility index (Phi) is 4.04. The van der Waals surface area contributed by atoms with Crippen molar-refractivity contribution in [3.63, 3.8) is 0 Å². The summed E-state index contributed by atoms with van der Waals surface area (Å²) in [6, 6.07) is 17.3. The van der Waals surface area contributed by atoms with Gasteiger partial charge in [0.15, 0.2) is 0 Å². The van der Waals surface area contributed by atoms with Gasteiger partial charge in [0.25, 0.3) is 0 Å². The number of methoxy groups -OCH3 is 1. The zero-order chi connectivity index (χ0) is 18.3. The minimum absolute atomic E-state index is 0.272. The van der Waals surface area contributed by atoms with Gasteiger partial charge < -0.3 is 9.47 Å². The molecule has 0 saturated carbocycles. The number of carbonyl (C=O) groups is 2. The van der Waals surface area contributed by atoms with Gasteiger partial charge in [0.1, 0.15) is 11.6 Å². The van der Waals surface area contributed by atoms with E-state index in [1.54, 1.807) is 4.90 Å². The molecule has 0 spiro atoms. The molecule has 0 unspecified atom stereocenters. The normalized spacial score (nSPS) is 27.5. The molecule has 134 valence electrons. The Balaban J connectivity index is 1.83. The van der Waals surface area contributed by atoms with E-state index < -0.39 is 17.6 Å². The third-order valence-electron chi connectivity index (χ3n) is 5.41. The summed E-state index contributed by atoms with van der Waals surface area (Å²) in [5.74, 6) is -1.95. The maximum atomic E-state index is 13.5. The van der Waals surface area contributed by atoms with Gasteiger partial charge in [-0.15, -0.1) is 0 Å². The second-order valence-electron chi connectivity index (χ2n) is 6.99. The largest absolute Gasteiger partial charge is 0.468 e. The second-order valence-corrected chi connectivity index (χ2v) is 6.99. The van der Waals surface area contributed by atoms with Crippen LogP contribution in [0.2, 0.25) is 0 Å². The molecule has 0 aliphatic carbocycles. The van der Waals surface area contributed by atoms with Crippen molar-refractivity contribution in [2.24, 2.45) is 5.92 Å². The number of amides is 1. The van der Waals surface area contributed by atoms with Gasteiger partial charge in [0, 0.05) is 17.9 Å². The number of hydrogen-bond acceptors (Lipinski definition) is 4. The minimum atomic E-state index is -0.884. The van der Waals surface area contributed by atoms with Gasteiger partial charge in [-0.1, -0.05) is 48.5 Å². The average molecular weight is 351 g/mol. The van der Waals surface area contributed by atoms with E-state index in [9.17, 15) is 9.59 Å². The number of esters is 1. The lowest BCUT2D eigenvalue weighted by Crippen LogP contribution is -2.62. The van der Waals surface area contributed by atoms with Crippen LogP contribution in [0.3, 0.4) is 0 Å². The van der Waals surface area contributed by atoms with Gasteiger partial charge in [-0.05, 0) is 18.6 Å². The summed E-state index contributed by atoms with van der Waals surface area (Å²) in [4.78, 5) is 27.6. The Bertz CT molecular complexity index is 850. The van der Waals surface area contributed by atoms with E-state index in [-0.39, 0.29) is 11.8 Å². The summed E-state index contributed by atoms with van der Waals surface area (Å²) in [6.45, 7) is 2.37. The highest BCUT2D eigenvalue weighted by Crippen LogP contribution is 2.48. The fourth-order valence-electron chi connectivity index (χ4n) is 4.15. The molecule has 2 aromatic rings. The van der Waals surface area contributed by atoms with Crippen molar-refractivity contribution in [3.8, 4) is 0 Å². The molecule has 0 N–H and O–H groups in total. The number of nitrogens with zero attached hydrogens (tertiary/aromatic N) is 1. The van der Waals surface area contributed by atoms with Crippen LogP contribution in [0.5, 0.6) is 0 Å². The fraction of sp³-hybridized carbons (Fsp3) is 0.333. The minimum Gasteiger partial charge on any atom is -0.468 e. The Labute approximate surface area is 152 Å². The summed E-state index contributed by atoms with van der Waals surface area (Å²) < 4.78 is 11.1. The lowest BCUT2D eigenvalue weighted by Gasteiger charge is -2.51. The molecule has 3 atom stereocenters. The summed E-state index contributed by atoms with van der Waals surface area (Å²) in [5.41, 5.74) is 1.91. The average Bonchev–Trinajstić information content (AvgIpc) is 2.67. The number of piperidine rings is 1. The lowest BCUT2D eigenvalue weighted by atomic mass is 9.75. The molecule has 2 aromatic carbocycles. The molecule has 2 heterocycles. The summed E-state index contributed by atoms with van der Waals surface area (Å²) in [5, 5.41) is 0. The van der Waals surface area contributed by atoms with Gasteiger partial charge in [-0.25, -0.2) is 0 Å². The number of fused-ring (bicyclic) bond motifs is 3. The van der Waals surface area contributed by atoms with Crippen molar-refractivity contribution in [1.82, 2.24) is 0 Å². The molecule has 0 radical (unpaired) electrons. The van der Waals surface area contributed by atoms with Crippen LogP contribution < -0.4 is 4.90 Å². The van der Waals surface area contributed by atoms with Crippen molar-refractivity contribution in [2.45, 2.75) is 31.6 Å². The smallest absolute Gasteiger partial charge is 0.318 e. The first-order valence-corrected chi connectivity index (χ1v) is 8.74. The molecule has 26 heavy (non-hydrogen) atoms. The third-order valence-corrected chi connectivity index (χ3v) is 5.41. The number of hydrogen-bond donors (Lipinski definition) is 0. The van der Waals surface area contributed by atoms with Gasteiger partial charge in [0.2, 0.25) is 5.91 Å². The van der Waals surface area contributed by atoms with E-state index in [0.717, 1.165) is 16.8 Å². The van der Waals surface area contributed by atoms with Crippen LogP contribution in [-0.4, -0.2) is 24.7 Å². The van der Waals surface area contributed by atoms with E-state index in [0.29, 0.717) is 13.0 Å². The molecule has 1 amide bonds. The Morgan fingerprint density at radius 2 is 1.85 bits per heavy atom. The van der Waals surface area contributed by atoms with Crippen LogP contribution in [0.25, 0.3) is 0 Å². The third kappa shape index (κ3) is 2.51. The number of rotatable bonds is 2. The highest BCUT2D eigenvalue weighted by molar-refractivity contribution is 6.09. The quantitative estimate of drug-likeness (QED) is 0.616. The van der Waals surface area contributed by atoms with Crippen LogP contribution in [-0.2, 0) is 25.7 Å². The number of carbonyl (C=O) groups excluding carboxylic acids is 2. The SMILES string of the molecule is COC(=O)[C@H]1C(=O)N2c3ccccc3CO[C@]2(C)C[C@@H]1c1ccccc1. The summed E-state index contributed by atoms with van der Waals surface area (Å²) >= 11 is 0. The van der Waals surface area contributed by atoms with E-state index in [2.05, 4.69) is 0 Å². The van der Waals surface area contributed by atoms with Crippen molar-refractivity contribution in [3.05, 3.63) is 65.7 Å². The molecule has 1 fully saturated rings. The van der Waals surface area contributed by atoms with Crippen LogP contribution in [0, 0.1) is 5.92 Å². The van der Waals surface area contributed by atoms with Crippen LogP contribution in [0.1, 0.15) is 30.4 Å². The molecular formula is C21H21NO4. The van der Waals surface area contributed by atoms with E-state index in [1.807, 2.05) is 61.5 Å². The fourth-order valence-corrected chi connectivity index (χ4v) is 4.15. The summed E-state index contributed by atoms with van der Waals surface area (Å²) in [6.07, 6.45) is 0.525. The molecule has 1 saturated heterocycles. The molecule has 5 nitrogen and oxygen atoms in total. The number of benzene rings is 2. The van der Waals surface area contributed by atoms with Gasteiger partial charge in [0.05, 0.1) is 19.4 Å². The molecule has 0 aromatic heterocycles. The molecule has 5 heteroatoms. The second kappa shape index (κ2) is 6.25. The van der Waals surface area contributed by atoms with Gasteiger partial charge in [-0.2, -0.15) is 0 Å². The highest BCUT2D eigenvalue weighted by atomic mass is 16.5. The first-order chi connectivity index (χ1) is 12.5.